The van der Waals surface area contributed by atoms with Crippen LogP contribution in [0.1, 0.15) is 26.2 Å². The molecular formula is C9H17N3OS. The van der Waals surface area contributed by atoms with E-state index in [1.165, 1.54) is 0 Å². The molecule has 0 radical (unpaired) electrons. The molecule has 14 heavy (non-hydrogen) atoms. The monoisotopic (exact) mass is 215 g/mol. The van der Waals surface area contributed by atoms with Gasteiger partial charge in [0.25, 0.3) is 0 Å². The van der Waals surface area contributed by atoms with E-state index in [0.29, 0.717) is 30.5 Å². The molecule has 0 spiro atoms. The van der Waals surface area contributed by atoms with Crippen LogP contribution in [-0.4, -0.2) is 35.1 Å². The highest BCUT2D eigenvalue weighted by molar-refractivity contribution is 7.80. The molecule has 0 unspecified atom stereocenters. The number of nitrogens with two attached hydrogens (primary N) is 1. The van der Waals surface area contributed by atoms with Crippen molar-refractivity contribution in [3.05, 3.63) is 0 Å². The Morgan fingerprint density at radius 1 is 1.64 bits per heavy atom. The van der Waals surface area contributed by atoms with Crippen molar-refractivity contribution in [2.24, 2.45) is 5.73 Å². The van der Waals surface area contributed by atoms with Gasteiger partial charge in [-0.15, -0.1) is 0 Å². The van der Waals surface area contributed by atoms with Crippen LogP contribution < -0.4 is 11.1 Å². The van der Waals surface area contributed by atoms with Crippen molar-refractivity contribution in [1.29, 1.82) is 0 Å². The first-order valence-corrected chi connectivity index (χ1v) is 5.38. The van der Waals surface area contributed by atoms with Gasteiger partial charge < -0.3 is 16.0 Å². The van der Waals surface area contributed by atoms with Gasteiger partial charge in [-0.05, 0) is 19.8 Å². The minimum absolute atomic E-state index is 0.00579. The van der Waals surface area contributed by atoms with Gasteiger partial charge in [0.05, 0.1) is 4.99 Å². The van der Waals surface area contributed by atoms with Crippen LogP contribution in [-0.2, 0) is 0 Å². The second kappa shape index (κ2) is 5.14. The topological polar surface area (TPSA) is 58.4 Å². The number of hydrogen-bond donors (Lipinski definition) is 2. The lowest BCUT2D eigenvalue weighted by atomic mass is 10.4. The first-order chi connectivity index (χ1) is 6.65. The maximum Gasteiger partial charge on any atom is 0.317 e. The number of rotatable bonds is 5. The summed E-state index contributed by atoms with van der Waals surface area (Å²) >= 11 is 4.79. The summed E-state index contributed by atoms with van der Waals surface area (Å²) in [6, 6.07) is 0.419. The second-order valence-electron chi connectivity index (χ2n) is 3.48. The third kappa shape index (κ3) is 3.49. The summed E-state index contributed by atoms with van der Waals surface area (Å²) in [4.78, 5) is 13.9. The Bertz CT molecular complexity index is 228. The lowest BCUT2D eigenvalue weighted by Gasteiger charge is -2.22. The van der Waals surface area contributed by atoms with Crippen molar-refractivity contribution in [3.8, 4) is 0 Å². The molecule has 0 aromatic carbocycles. The van der Waals surface area contributed by atoms with Gasteiger partial charge >= 0.3 is 6.03 Å². The van der Waals surface area contributed by atoms with Crippen LogP contribution in [0.2, 0.25) is 0 Å². The predicted octanol–water partition coefficient (Wildman–Crippen LogP) is 0.857. The molecule has 0 atom stereocenters. The lowest BCUT2D eigenvalue weighted by molar-refractivity contribution is 0.197. The van der Waals surface area contributed by atoms with E-state index in [2.05, 4.69) is 5.32 Å². The van der Waals surface area contributed by atoms with Crippen LogP contribution in [0.25, 0.3) is 0 Å². The molecule has 3 N–H and O–H groups in total. The summed E-state index contributed by atoms with van der Waals surface area (Å²) in [5.74, 6) is 0. The van der Waals surface area contributed by atoms with E-state index in [0.717, 1.165) is 12.8 Å². The average molecular weight is 215 g/mol. The van der Waals surface area contributed by atoms with E-state index < -0.39 is 0 Å². The van der Waals surface area contributed by atoms with Crippen LogP contribution in [0.4, 0.5) is 4.79 Å². The molecule has 1 aliphatic carbocycles. The summed E-state index contributed by atoms with van der Waals surface area (Å²) in [6.45, 7) is 3.22. The molecule has 80 valence electrons. The zero-order chi connectivity index (χ0) is 10.6. The van der Waals surface area contributed by atoms with Crippen molar-refractivity contribution in [1.82, 2.24) is 10.2 Å². The zero-order valence-corrected chi connectivity index (χ0v) is 9.27. The summed E-state index contributed by atoms with van der Waals surface area (Å²) in [6.07, 6.45) is 2.83. The van der Waals surface area contributed by atoms with Gasteiger partial charge in [-0.25, -0.2) is 4.79 Å². The molecular weight excluding hydrogens is 198 g/mol. The van der Waals surface area contributed by atoms with Gasteiger partial charge in [0.1, 0.15) is 0 Å². The van der Waals surface area contributed by atoms with Crippen LogP contribution in [0.5, 0.6) is 0 Å². The standard InChI is InChI=1S/C9H17N3OS/c1-2-11-9(13)12(7-3-4-7)6-5-8(10)14/h7H,2-6H2,1H3,(H2,10,14)(H,11,13). The normalized spacial score (nSPS) is 14.9. The third-order valence-corrected chi connectivity index (χ3v) is 2.38. The van der Waals surface area contributed by atoms with Crippen LogP contribution in [0.15, 0.2) is 0 Å². The molecule has 0 aromatic heterocycles. The number of thiocarbonyl (C=S) groups is 1. The van der Waals surface area contributed by atoms with Crippen molar-refractivity contribution < 1.29 is 4.79 Å². The number of carbonyl (C=O) groups excluding carboxylic acids is 1. The second-order valence-corrected chi connectivity index (χ2v) is 4.00. The average Bonchev–Trinajstić information content (AvgIpc) is 2.88. The van der Waals surface area contributed by atoms with Crippen molar-refractivity contribution in [2.45, 2.75) is 32.2 Å². The number of urea groups is 1. The minimum Gasteiger partial charge on any atom is -0.393 e. The molecule has 5 heteroatoms. The van der Waals surface area contributed by atoms with Gasteiger partial charge in [-0.3, -0.25) is 0 Å². The number of carbonyl (C=O) groups is 1. The van der Waals surface area contributed by atoms with Gasteiger partial charge in [0.15, 0.2) is 0 Å². The highest BCUT2D eigenvalue weighted by Crippen LogP contribution is 2.26. The molecule has 0 saturated heterocycles. The number of nitrogens with zero attached hydrogens (tertiary/aromatic N) is 1. The number of hydrogen-bond acceptors (Lipinski definition) is 2. The Kier molecular flexibility index (Phi) is 4.13. The molecule has 1 fully saturated rings. The fourth-order valence-corrected chi connectivity index (χ4v) is 1.41. The Morgan fingerprint density at radius 2 is 2.29 bits per heavy atom. The van der Waals surface area contributed by atoms with E-state index in [1.807, 2.05) is 11.8 Å². The third-order valence-electron chi connectivity index (χ3n) is 2.18. The van der Waals surface area contributed by atoms with E-state index >= 15 is 0 Å². The molecule has 1 aliphatic rings. The fraction of sp³-hybridized carbons (Fsp3) is 0.778. The lowest BCUT2D eigenvalue weighted by Crippen LogP contribution is -2.42. The maximum absolute atomic E-state index is 11.6. The van der Waals surface area contributed by atoms with Gasteiger partial charge in [0.2, 0.25) is 0 Å². The minimum atomic E-state index is 0.00579. The predicted molar refractivity (Wildman–Crippen MR) is 60.2 cm³/mol. The Labute approximate surface area is 89.8 Å². The van der Waals surface area contributed by atoms with Gasteiger partial charge in [0, 0.05) is 25.6 Å². The van der Waals surface area contributed by atoms with Crippen LogP contribution >= 0.6 is 12.2 Å². The Morgan fingerprint density at radius 3 is 2.71 bits per heavy atom. The Hall–Kier alpha value is -0.840. The first kappa shape index (κ1) is 11.2. The molecule has 0 aliphatic heterocycles. The first-order valence-electron chi connectivity index (χ1n) is 4.98. The van der Waals surface area contributed by atoms with E-state index in [9.17, 15) is 4.79 Å². The van der Waals surface area contributed by atoms with E-state index in [1.54, 1.807) is 0 Å². The maximum atomic E-state index is 11.6. The molecule has 0 bridgehead atoms. The molecule has 2 amide bonds. The summed E-state index contributed by atoms with van der Waals surface area (Å²) in [5, 5.41) is 2.79. The smallest absolute Gasteiger partial charge is 0.317 e. The molecule has 1 saturated carbocycles. The Balaban J connectivity index is 2.38. The molecule has 4 nitrogen and oxygen atoms in total. The largest absolute Gasteiger partial charge is 0.393 e. The summed E-state index contributed by atoms with van der Waals surface area (Å²) in [5.41, 5.74) is 5.41. The fourth-order valence-electron chi connectivity index (χ4n) is 1.32. The quantitative estimate of drug-likeness (QED) is 0.669. The van der Waals surface area contributed by atoms with E-state index in [4.69, 9.17) is 18.0 Å². The molecule has 0 heterocycles. The SMILES string of the molecule is CCNC(=O)N(CCC(N)=S)C1CC1. The highest BCUT2D eigenvalue weighted by atomic mass is 32.1. The van der Waals surface area contributed by atoms with Crippen LogP contribution in [0.3, 0.4) is 0 Å². The molecule has 1 rings (SSSR count). The van der Waals surface area contributed by atoms with Crippen molar-refractivity contribution in [3.63, 3.8) is 0 Å². The van der Waals surface area contributed by atoms with Crippen molar-refractivity contribution >= 4 is 23.2 Å². The highest BCUT2D eigenvalue weighted by Gasteiger charge is 2.31. The van der Waals surface area contributed by atoms with Crippen molar-refractivity contribution in [2.75, 3.05) is 13.1 Å². The van der Waals surface area contributed by atoms with Gasteiger partial charge in [-0.1, -0.05) is 12.2 Å². The molecule has 0 aromatic rings. The summed E-state index contributed by atoms with van der Waals surface area (Å²) in [7, 11) is 0. The number of nitrogens with one attached hydrogen (secondary N) is 1. The van der Waals surface area contributed by atoms with Gasteiger partial charge in [-0.2, -0.15) is 0 Å². The summed E-state index contributed by atoms with van der Waals surface area (Å²) < 4.78 is 0. The number of amides is 2. The van der Waals surface area contributed by atoms with Crippen LogP contribution in [0, 0.1) is 0 Å². The van der Waals surface area contributed by atoms with E-state index in [-0.39, 0.29) is 6.03 Å². The zero-order valence-electron chi connectivity index (χ0n) is 8.45.